The molecule has 1 aliphatic heterocycles. The molecule has 1 saturated heterocycles. The van der Waals surface area contributed by atoms with Crippen LogP contribution in [0.5, 0.6) is 5.75 Å². The standard InChI is InChI=1S/C23H24N2O4S/c1-15(2)14-29-19-11-7-5-9-17(19)12-20-22(27)25(23(28)30-20)13-21(26)24-18-10-6-4-8-16(18)3/h4-12,15H,13-14H2,1-3H3,(H,24,26)/b20-12+. The number of anilines is 1. The Hall–Kier alpha value is -3.06. The number of ether oxygens (including phenoxy) is 1. The second kappa shape index (κ2) is 9.63. The van der Waals surface area contributed by atoms with E-state index in [1.807, 2.05) is 49.4 Å². The highest BCUT2D eigenvalue weighted by Gasteiger charge is 2.36. The molecule has 1 aliphatic rings. The fourth-order valence-electron chi connectivity index (χ4n) is 2.81. The SMILES string of the molecule is Cc1ccccc1NC(=O)CN1C(=O)S/C(=C/c2ccccc2OCC(C)C)C1=O. The summed E-state index contributed by atoms with van der Waals surface area (Å²) in [5.74, 6) is 0.101. The van der Waals surface area contributed by atoms with Crippen molar-refractivity contribution in [1.29, 1.82) is 0 Å². The number of nitrogens with zero attached hydrogens (tertiary/aromatic N) is 1. The molecule has 0 aliphatic carbocycles. The Morgan fingerprint density at radius 1 is 1.13 bits per heavy atom. The molecule has 0 spiro atoms. The van der Waals surface area contributed by atoms with E-state index in [2.05, 4.69) is 19.2 Å². The third-order valence-electron chi connectivity index (χ3n) is 4.37. The van der Waals surface area contributed by atoms with E-state index in [0.717, 1.165) is 22.2 Å². The van der Waals surface area contributed by atoms with Gasteiger partial charge in [0.15, 0.2) is 0 Å². The molecular weight excluding hydrogens is 400 g/mol. The van der Waals surface area contributed by atoms with Gasteiger partial charge in [0, 0.05) is 11.3 Å². The van der Waals surface area contributed by atoms with Gasteiger partial charge in [0.2, 0.25) is 5.91 Å². The lowest BCUT2D eigenvalue weighted by Crippen LogP contribution is -2.36. The number of carbonyl (C=O) groups excluding carboxylic acids is 3. The fourth-order valence-corrected chi connectivity index (χ4v) is 3.64. The summed E-state index contributed by atoms with van der Waals surface area (Å²) in [6.07, 6.45) is 1.64. The number of amides is 3. The van der Waals surface area contributed by atoms with Crippen molar-refractivity contribution in [3.05, 3.63) is 64.6 Å². The average Bonchev–Trinajstić information content (AvgIpc) is 2.96. The van der Waals surface area contributed by atoms with Crippen molar-refractivity contribution in [1.82, 2.24) is 4.90 Å². The van der Waals surface area contributed by atoms with E-state index in [1.54, 1.807) is 12.1 Å². The van der Waals surface area contributed by atoms with Crippen LogP contribution < -0.4 is 10.1 Å². The number of rotatable bonds is 7. The lowest BCUT2D eigenvalue weighted by Gasteiger charge is -2.13. The van der Waals surface area contributed by atoms with Crippen molar-refractivity contribution in [2.45, 2.75) is 20.8 Å². The molecule has 2 aromatic rings. The van der Waals surface area contributed by atoms with E-state index in [9.17, 15) is 14.4 Å². The molecule has 3 rings (SSSR count). The Balaban J connectivity index is 1.72. The quantitative estimate of drug-likeness (QED) is 0.652. The normalized spacial score (nSPS) is 15.2. The Kier molecular flexibility index (Phi) is 6.95. The second-order valence-electron chi connectivity index (χ2n) is 7.37. The van der Waals surface area contributed by atoms with Crippen molar-refractivity contribution < 1.29 is 19.1 Å². The third-order valence-corrected chi connectivity index (χ3v) is 5.28. The maximum Gasteiger partial charge on any atom is 0.294 e. The molecule has 0 saturated carbocycles. The Labute approximate surface area is 180 Å². The molecule has 1 fully saturated rings. The van der Waals surface area contributed by atoms with Crippen molar-refractivity contribution >= 4 is 40.6 Å². The number of para-hydroxylation sites is 2. The molecule has 30 heavy (non-hydrogen) atoms. The number of carbonyl (C=O) groups is 3. The van der Waals surface area contributed by atoms with Gasteiger partial charge in [-0.2, -0.15) is 0 Å². The summed E-state index contributed by atoms with van der Waals surface area (Å²) >= 11 is 0.824. The summed E-state index contributed by atoms with van der Waals surface area (Å²) in [4.78, 5) is 38.7. The van der Waals surface area contributed by atoms with Gasteiger partial charge in [0.1, 0.15) is 12.3 Å². The van der Waals surface area contributed by atoms with Crippen LogP contribution >= 0.6 is 11.8 Å². The molecule has 3 amide bonds. The van der Waals surface area contributed by atoms with Gasteiger partial charge in [-0.3, -0.25) is 19.3 Å². The van der Waals surface area contributed by atoms with Crippen LogP contribution in [0.1, 0.15) is 25.0 Å². The first-order valence-corrected chi connectivity index (χ1v) is 10.5. The topological polar surface area (TPSA) is 75.7 Å². The Bertz CT molecular complexity index is 1000. The maximum atomic E-state index is 12.7. The summed E-state index contributed by atoms with van der Waals surface area (Å²) in [6.45, 7) is 6.19. The minimum absolute atomic E-state index is 0.268. The van der Waals surface area contributed by atoms with Gasteiger partial charge in [-0.15, -0.1) is 0 Å². The van der Waals surface area contributed by atoms with E-state index >= 15 is 0 Å². The van der Waals surface area contributed by atoms with Crippen LogP contribution in [0.4, 0.5) is 10.5 Å². The largest absolute Gasteiger partial charge is 0.493 e. The predicted molar refractivity (Wildman–Crippen MR) is 119 cm³/mol. The van der Waals surface area contributed by atoms with Gasteiger partial charge >= 0.3 is 0 Å². The lowest BCUT2D eigenvalue weighted by atomic mass is 10.1. The molecule has 2 aromatic carbocycles. The van der Waals surface area contributed by atoms with Gasteiger partial charge < -0.3 is 10.1 Å². The highest BCUT2D eigenvalue weighted by molar-refractivity contribution is 8.18. The minimum atomic E-state index is -0.483. The first-order valence-electron chi connectivity index (χ1n) is 9.68. The van der Waals surface area contributed by atoms with Crippen molar-refractivity contribution in [3.8, 4) is 5.75 Å². The third kappa shape index (κ3) is 5.30. The molecule has 1 N–H and O–H groups in total. The maximum absolute atomic E-state index is 12.7. The number of hydrogen-bond donors (Lipinski definition) is 1. The van der Waals surface area contributed by atoms with Crippen LogP contribution in [-0.4, -0.2) is 35.1 Å². The van der Waals surface area contributed by atoms with Gasteiger partial charge in [0.05, 0.1) is 11.5 Å². The summed E-state index contributed by atoms with van der Waals surface area (Å²) in [6, 6.07) is 14.7. The van der Waals surface area contributed by atoms with Crippen molar-refractivity contribution in [2.75, 3.05) is 18.5 Å². The first kappa shape index (κ1) is 21.6. The van der Waals surface area contributed by atoms with Crippen molar-refractivity contribution in [3.63, 3.8) is 0 Å². The van der Waals surface area contributed by atoms with E-state index < -0.39 is 17.1 Å². The summed E-state index contributed by atoms with van der Waals surface area (Å²) in [5.41, 5.74) is 2.27. The van der Waals surface area contributed by atoms with Crippen LogP contribution in [-0.2, 0) is 9.59 Å². The molecule has 1 heterocycles. The number of aryl methyl sites for hydroxylation is 1. The molecule has 156 valence electrons. The van der Waals surface area contributed by atoms with E-state index in [4.69, 9.17) is 4.74 Å². The average molecular weight is 425 g/mol. The van der Waals surface area contributed by atoms with Gasteiger partial charge in [-0.25, -0.2) is 0 Å². The number of imide groups is 1. The summed E-state index contributed by atoms with van der Waals surface area (Å²) in [5, 5.41) is 2.28. The van der Waals surface area contributed by atoms with Crippen LogP contribution in [0.25, 0.3) is 6.08 Å². The zero-order valence-electron chi connectivity index (χ0n) is 17.2. The van der Waals surface area contributed by atoms with E-state index in [1.165, 1.54) is 0 Å². The van der Waals surface area contributed by atoms with Gasteiger partial charge in [0.25, 0.3) is 11.1 Å². The lowest BCUT2D eigenvalue weighted by molar-refractivity contribution is -0.127. The first-order chi connectivity index (χ1) is 14.3. The number of thioether (sulfide) groups is 1. The van der Waals surface area contributed by atoms with Crippen LogP contribution in [0.3, 0.4) is 0 Å². The molecule has 0 atom stereocenters. The Morgan fingerprint density at radius 3 is 2.57 bits per heavy atom. The highest BCUT2D eigenvalue weighted by Crippen LogP contribution is 2.34. The molecule has 0 unspecified atom stereocenters. The number of benzene rings is 2. The highest BCUT2D eigenvalue weighted by atomic mass is 32.2. The fraction of sp³-hybridized carbons (Fsp3) is 0.261. The number of hydrogen-bond acceptors (Lipinski definition) is 5. The van der Waals surface area contributed by atoms with Crippen LogP contribution in [0, 0.1) is 12.8 Å². The minimum Gasteiger partial charge on any atom is -0.493 e. The summed E-state index contributed by atoms with van der Waals surface area (Å²) in [7, 11) is 0. The molecular formula is C23H24N2O4S. The van der Waals surface area contributed by atoms with Gasteiger partial charge in [-0.05, 0) is 48.4 Å². The number of nitrogens with one attached hydrogen (secondary N) is 1. The molecule has 0 radical (unpaired) electrons. The summed E-state index contributed by atoms with van der Waals surface area (Å²) < 4.78 is 5.81. The molecule has 0 aromatic heterocycles. The van der Waals surface area contributed by atoms with Crippen LogP contribution in [0.2, 0.25) is 0 Å². The molecule has 6 nitrogen and oxygen atoms in total. The smallest absolute Gasteiger partial charge is 0.294 e. The Morgan fingerprint density at radius 2 is 1.83 bits per heavy atom. The molecule has 7 heteroatoms. The van der Waals surface area contributed by atoms with Gasteiger partial charge in [-0.1, -0.05) is 50.2 Å². The van der Waals surface area contributed by atoms with Crippen LogP contribution in [0.15, 0.2) is 53.4 Å². The zero-order chi connectivity index (χ0) is 21.7. The second-order valence-corrected chi connectivity index (χ2v) is 8.37. The van der Waals surface area contributed by atoms with E-state index in [0.29, 0.717) is 29.5 Å². The molecule has 0 bridgehead atoms. The monoisotopic (exact) mass is 424 g/mol. The van der Waals surface area contributed by atoms with Crippen molar-refractivity contribution in [2.24, 2.45) is 5.92 Å². The zero-order valence-corrected chi connectivity index (χ0v) is 18.0. The van der Waals surface area contributed by atoms with E-state index in [-0.39, 0.29) is 11.4 Å². The predicted octanol–water partition coefficient (Wildman–Crippen LogP) is 4.70.